The fourth-order valence-corrected chi connectivity index (χ4v) is 3.45. The molecule has 0 aliphatic carbocycles. The molecule has 1 aliphatic rings. The zero-order valence-corrected chi connectivity index (χ0v) is 15.7. The van der Waals surface area contributed by atoms with Gasteiger partial charge in [0.1, 0.15) is 31.0 Å². The summed E-state index contributed by atoms with van der Waals surface area (Å²) in [6.45, 7) is 17.4. The van der Waals surface area contributed by atoms with Gasteiger partial charge in [0.25, 0.3) is 0 Å². The van der Waals surface area contributed by atoms with Crippen LogP contribution >= 0.6 is 0 Å². The van der Waals surface area contributed by atoms with E-state index in [0.29, 0.717) is 12.2 Å². The van der Waals surface area contributed by atoms with E-state index in [9.17, 15) is 0 Å². The number of benzene rings is 1. The summed E-state index contributed by atoms with van der Waals surface area (Å²) in [7, 11) is 0. The van der Waals surface area contributed by atoms with Crippen molar-refractivity contribution in [1.82, 2.24) is 0 Å². The summed E-state index contributed by atoms with van der Waals surface area (Å²) in [5.74, 6) is 1.04. The summed E-state index contributed by atoms with van der Waals surface area (Å²) in [6, 6.07) is 6.52. The minimum absolute atomic E-state index is 0.113. The van der Waals surface area contributed by atoms with E-state index in [4.69, 9.17) is 9.47 Å². The Morgan fingerprint density at radius 2 is 1.83 bits per heavy atom. The molecule has 23 heavy (non-hydrogen) atoms. The van der Waals surface area contributed by atoms with Crippen molar-refractivity contribution in [3.05, 3.63) is 29.3 Å². The molecule has 1 fully saturated rings. The molecule has 3 nitrogen and oxygen atoms in total. The summed E-state index contributed by atoms with van der Waals surface area (Å²) in [5.41, 5.74) is 2.71. The Bertz CT molecular complexity index is 497. The van der Waals surface area contributed by atoms with Gasteiger partial charge in [-0.05, 0) is 37.8 Å². The highest BCUT2D eigenvalue weighted by atomic mass is 16.5. The maximum absolute atomic E-state index is 6.12. The predicted octanol–water partition coefficient (Wildman–Crippen LogP) is 2.75. The zero-order valence-electron chi connectivity index (χ0n) is 15.7. The molecule has 130 valence electrons. The maximum Gasteiger partial charge on any atom is 0.123 e. The van der Waals surface area contributed by atoms with Crippen LogP contribution in [0.3, 0.4) is 0 Å². The molecule has 0 amide bonds. The van der Waals surface area contributed by atoms with E-state index < -0.39 is 0 Å². The Balaban J connectivity index is 1.85. The van der Waals surface area contributed by atoms with Gasteiger partial charge in [0.15, 0.2) is 0 Å². The number of aryl methyl sites for hydroxylation is 1. The minimum Gasteiger partial charge on any atom is -0.493 e. The molecule has 0 bridgehead atoms. The van der Waals surface area contributed by atoms with Crippen molar-refractivity contribution < 1.29 is 14.4 Å². The smallest absolute Gasteiger partial charge is 0.123 e. The first kappa shape index (κ1) is 18.3. The molecule has 0 radical (unpaired) electrons. The number of quaternary nitrogens is 1. The summed E-state index contributed by atoms with van der Waals surface area (Å²) in [5, 5.41) is 0. The van der Waals surface area contributed by atoms with Crippen LogP contribution in [0.15, 0.2) is 18.2 Å². The van der Waals surface area contributed by atoms with Crippen LogP contribution in [0.2, 0.25) is 0 Å². The Hall–Kier alpha value is -1.06. The SMILES string of the molecule is Cc1ccc(OCCC[NH+]2C[C@H](C)O[C@@H](C)C2)c(C(C)(C)C)c1. The third kappa shape index (κ3) is 5.50. The number of hydrogen-bond acceptors (Lipinski definition) is 2. The molecule has 1 aliphatic heterocycles. The molecule has 1 heterocycles. The van der Waals surface area contributed by atoms with Crippen LogP contribution in [0, 0.1) is 6.92 Å². The Morgan fingerprint density at radius 3 is 2.43 bits per heavy atom. The highest BCUT2D eigenvalue weighted by molar-refractivity contribution is 5.41. The monoisotopic (exact) mass is 320 g/mol. The van der Waals surface area contributed by atoms with Crippen molar-refractivity contribution in [2.75, 3.05) is 26.2 Å². The molecule has 3 heteroatoms. The van der Waals surface area contributed by atoms with Gasteiger partial charge in [-0.2, -0.15) is 0 Å². The van der Waals surface area contributed by atoms with E-state index in [1.54, 1.807) is 4.90 Å². The fraction of sp³-hybridized carbons (Fsp3) is 0.700. The molecule has 0 aromatic heterocycles. The van der Waals surface area contributed by atoms with E-state index >= 15 is 0 Å². The third-order valence-electron chi connectivity index (χ3n) is 4.49. The summed E-state index contributed by atoms with van der Waals surface area (Å²) in [4.78, 5) is 1.64. The lowest BCUT2D eigenvalue weighted by atomic mass is 9.85. The minimum atomic E-state index is 0.113. The van der Waals surface area contributed by atoms with Gasteiger partial charge in [0.2, 0.25) is 0 Å². The zero-order chi connectivity index (χ0) is 17.0. The van der Waals surface area contributed by atoms with Crippen LogP contribution in [0.4, 0.5) is 0 Å². The standard InChI is InChI=1S/C20H33NO2/c1-15-8-9-19(18(12-15)20(4,5)6)22-11-7-10-21-13-16(2)23-17(3)14-21/h8-9,12,16-17H,7,10-11,13-14H2,1-6H3/p+1/t16-,17-/m0/s1. The van der Waals surface area contributed by atoms with Gasteiger partial charge < -0.3 is 14.4 Å². The number of rotatable bonds is 5. The van der Waals surface area contributed by atoms with Crippen molar-refractivity contribution in [2.24, 2.45) is 0 Å². The van der Waals surface area contributed by atoms with Crippen LogP contribution < -0.4 is 9.64 Å². The van der Waals surface area contributed by atoms with Crippen LogP contribution in [-0.2, 0) is 10.2 Å². The van der Waals surface area contributed by atoms with E-state index in [0.717, 1.165) is 38.4 Å². The van der Waals surface area contributed by atoms with E-state index in [-0.39, 0.29) is 5.41 Å². The van der Waals surface area contributed by atoms with Gasteiger partial charge in [-0.15, -0.1) is 0 Å². The van der Waals surface area contributed by atoms with Crippen molar-refractivity contribution >= 4 is 0 Å². The second-order valence-corrected chi connectivity index (χ2v) is 8.12. The third-order valence-corrected chi connectivity index (χ3v) is 4.49. The summed E-state index contributed by atoms with van der Waals surface area (Å²) >= 11 is 0. The van der Waals surface area contributed by atoms with E-state index in [2.05, 4.69) is 59.7 Å². The summed E-state index contributed by atoms with van der Waals surface area (Å²) in [6.07, 6.45) is 1.84. The number of hydrogen-bond donors (Lipinski definition) is 1. The van der Waals surface area contributed by atoms with Gasteiger partial charge in [0, 0.05) is 6.42 Å². The largest absolute Gasteiger partial charge is 0.493 e. The number of ether oxygens (including phenoxy) is 2. The van der Waals surface area contributed by atoms with Gasteiger partial charge in [0.05, 0.1) is 13.2 Å². The van der Waals surface area contributed by atoms with Gasteiger partial charge in [-0.1, -0.05) is 38.5 Å². The molecular weight excluding hydrogens is 286 g/mol. The fourth-order valence-electron chi connectivity index (χ4n) is 3.45. The number of nitrogens with one attached hydrogen (secondary N) is 1. The lowest BCUT2D eigenvalue weighted by Crippen LogP contribution is -3.15. The van der Waals surface area contributed by atoms with Crippen molar-refractivity contribution in [1.29, 1.82) is 0 Å². The normalized spacial score (nSPS) is 25.4. The van der Waals surface area contributed by atoms with Crippen molar-refractivity contribution in [2.45, 2.75) is 65.6 Å². The molecular formula is C20H34NO2+. The van der Waals surface area contributed by atoms with Crippen LogP contribution in [0.25, 0.3) is 0 Å². The summed E-state index contributed by atoms with van der Waals surface area (Å²) < 4.78 is 11.9. The molecule has 0 saturated carbocycles. The molecule has 0 spiro atoms. The first-order valence-electron chi connectivity index (χ1n) is 8.98. The number of morpholine rings is 1. The van der Waals surface area contributed by atoms with E-state index in [1.165, 1.54) is 11.1 Å². The second kappa shape index (κ2) is 7.67. The highest BCUT2D eigenvalue weighted by Crippen LogP contribution is 2.32. The molecule has 1 aromatic carbocycles. The highest BCUT2D eigenvalue weighted by Gasteiger charge is 2.25. The van der Waals surface area contributed by atoms with E-state index in [1.807, 2.05) is 0 Å². The molecule has 1 saturated heterocycles. The molecule has 2 atom stereocenters. The first-order chi connectivity index (χ1) is 10.8. The van der Waals surface area contributed by atoms with Crippen molar-refractivity contribution in [3.8, 4) is 5.75 Å². The Morgan fingerprint density at radius 1 is 1.17 bits per heavy atom. The maximum atomic E-state index is 6.12. The van der Waals surface area contributed by atoms with Crippen LogP contribution in [0.1, 0.15) is 52.2 Å². The molecule has 0 unspecified atom stereocenters. The second-order valence-electron chi connectivity index (χ2n) is 8.12. The first-order valence-corrected chi connectivity index (χ1v) is 8.98. The lowest BCUT2D eigenvalue weighted by molar-refractivity contribution is -0.915. The van der Waals surface area contributed by atoms with Crippen LogP contribution in [0.5, 0.6) is 5.75 Å². The average Bonchev–Trinajstić information content (AvgIpc) is 2.42. The van der Waals surface area contributed by atoms with Crippen LogP contribution in [-0.4, -0.2) is 38.4 Å². The van der Waals surface area contributed by atoms with Gasteiger partial charge in [-0.25, -0.2) is 0 Å². The predicted molar refractivity (Wildman–Crippen MR) is 95.6 cm³/mol. The van der Waals surface area contributed by atoms with Gasteiger partial charge in [-0.3, -0.25) is 0 Å². The Labute approximate surface area is 142 Å². The molecule has 1 N–H and O–H groups in total. The Kier molecular flexibility index (Phi) is 6.10. The molecule has 2 rings (SSSR count). The van der Waals surface area contributed by atoms with Crippen molar-refractivity contribution in [3.63, 3.8) is 0 Å². The topological polar surface area (TPSA) is 22.9 Å². The quantitative estimate of drug-likeness (QED) is 0.843. The average molecular weight is 320 g/mol. The molecule has 1 aromatic rings. The lowest BCUT2D eigenvalue weighted by Gasteiger charge is -2.32. The van der Waals surface area contributed by atoms with Gasteiger partial charge >= 0.3 is 0 Å².